The highest BCUT2D eigenvalue weighted by molar-refractivity contribution is 7.20. The van der Waals surface area contributed by atoms with Crippen LogP contribution < -0.4 is 5.32 Å². The van der Waals surface area contributed by atoms with E-state index >= 15 is 0 Å². The molecule has 0 spiro atoms. The molecule has 136 valence electrons. The van der Waals surface area contributed by atoms with Gasteiger partial charge in [-0.3, -0.25) is 9.78 Å². The molecule has 26 heavy (non-hydrogen) atoms. The van der Waals surface area contributed by atoms with Gasteiger partial charge in [-0.1, -0.05) is 19.9 Å². The van der Waals surface area contributed by atoms with Crippen molar-refractivity contribution in [1.29, 1.82) is 0 Å². The number of hydrogen-bond donors (Lipinski definition) is 1. The van der Waals surface area contributed by atoms with Crippen LogP contribution in [-0.2, 0) is 6.54 Å². The van der Waals surface area contributed by atoms with Crippen LogP contribution in [0.3, 0.4) is 0 Å². The number of carbonyl (C=O) groups is 1. The van der Waals surface area contributed by atoms with Crippen LogP contribution in [0.15, 0.2) is 30.7 Å². The molecule has 7 heteroatoms. The van der Waals surface area contributed by atoms with Crippen LogP contribution in [0.2, 0.25) is 0 Å². The highest BCUT2D eigenvalue weighted by atomic mass is 32.1. The van der Waals surface area contributed by atoms with Crippen molar-refractivity contribution in [2.45, 2.75) is 27.3 Å². The van der Waals surface area contributed by atoms with Crippen molar-refractivity contribution in [3.8, 4) is 0 Å². The Morgan fingerprint density at radius 3 is 2.77 bits per heavy atom. The Labute approximate surface area is 157 Å². The van der Waals surface area contributed by atoms with E-state index in [1.807, 2.05) is 32.2 Å². The number of rotatable bonds is 6. The maximum atomic E-state index is 12.8. The zero-order valence-corrected chi connectivity index (χ0v) is 16.3. The number of nitrogens with one attached hydrogen (secondary N) is 1. The summed E-state index contributed by atoms with van der Waals surface area (Å²) in [7, 11) is 1.85. The molecule has 1 N–H and O–H groups in total. The first-order valence-corrected chi connectivity index (χ1v) is 9.42. The van der Waals surface area contributed by atoms with Gasteiger partial charge in [0.25, 0.3) is 5.91 Å². The van der Waals surface area contributed by atoms with E-state index in [9.17, 15) is 4.79 Å². The number of carbonyl (C=O) groups excluding carboxylic acids is 1. The second-order valence-corrected chi connectivity index (χ2v) is 7.71. The zero-order valence-electron chi connectivity index (χ0n) is 15.5. The summed E-state index contributed by atoms with van der Waals surface area (Å²) < 4.78 is 0. The third-order valence-electron chi connectivity index (χ3n) is 4.07. The molecule has 3 heterocycles. The Morgan fingerprint density at radius 1 is 1.27 bits per heavy atom. The molecule has 0 radical (unpaired) electrons. The summed E-state index contributed by atoms with van der Waals surface area (Å²) in [6, 6.07) is 5.80. The van der Waals surface area contributed by atoms with E-state index in [1.54, 1.807) is 11.1 Å². The Bertz CT molecular complexity index is 907. The Hall–Kier alpha value is -2.54. The average Bonchev–Trinajstić information content (AvgIpc) is 2.97. The SMILES string of the molecule is Cc1c(C(=O)N(C)CC(C)C)sc2ncnc(NCc3ccccn3)c12. The van der Waals surface area contributed by atoms with E-state index in [4.69, 9.17) is 0 Å². The highest BCUT2D eigenvalue weighted by Gasteiger charge is 2.22. The van der Waals surface area contributed by atoms with Gasteiger partial charge in [0.1, 0.15) is 17.0 Å². The largest absolute Gasteiger partial charge is 0.364 e. The fourth-order valence-corrected chi connectivity index (χ4v) is 4.03. The van der Waals surface area contributed by atoms with Crippen LogP contribution in [0.1, 0.15) is 34.8 Å². The van der Waals surface area contributed by atoms with Crippen LogP contribution in [-0.4, -0.2) is 39.4 Å². The van der Waals surface area contributed by atoms with Crippen molar-refractivity contribution >= 4 is 33.3 Å². The monoisotopic (exact) mass is 369 g/mol. The third-order valence-corrected chi connectivity index (χ3v) is 5.26. The predicted octanol–water partition coefficient (Wildman–Crippen LogP) is 3.73. The van der Waals surface area contributed by atoms with E-state index in [0.717, 1.165) is 38.7 Å². The molecule has 3 aromatic rings. The molecule has 0 saturated heterocycles. The summed E-state index contributed by atoms with van der Waals surface area (Å²) in [6.07, 6.45) is 3.30. The van der Waals surface area contributed by atoms with E-state index in [1.165, 1.54) is 17.7 Å². The predicted molar refractivity (Wildman–Crippen MR) is 106 cm³/mol. The summed E-state index contributed by atoms with van der Waals surface area (Å²) in [6.45, 7) is 7.46. The van der Waals surface area contributed by atoms with Crippen LogP contribution in [0, 0.1) is 12.8 Å². The molecule has 0 saturated carbocycles. The lowest BCUT2D eigenvalue weighted by atomic mass is 10.1. The van der Waals surface area contributed by atoms with Gasteiger partial charge >= 0.3 is 0 Å². The molecule has 0 aliphatic rings. The molecule has 0 aliphatic heterocycles. The first kappa shape index (κ1) is 18.3. The number of aromatic nitrogens is 3. The maximum Gasteiger partial charge on any atom is 0.264 e. The van der Waals surface area contributed by atoms with Gasteiger partial charge in [0.05, 0.1) is 22.5 Å². The van der Waals surface area contributed by atoms with Gasteiger partial charge in [-0.15, -0.1) is 11.3 Å². The molecule has 0 aromatic carbocycles. The molecule has 1 amide bonds. The van der Waals surface area contributed by atoms with E-state index < -0.39 is 0 Å². The first-order valence-electron chi connectivity index (χ1n) is 8.60. The minimum atomic E-state index is 0.0369. The number of amides is 1. The van der Waals surface area contributed by atoms with Crippen molar-refractivity contribution < 1.29 is 4.79 Å². The second kappa shape index (κ2) is 7.78. The topological polar surface area (TPSA) is 71.0 Å². The lowest BCUT2D eigenvalue weighted by Crippen LogP contribution is -2.30. The van der Waals surface area contributed by atoms with Gasteiger partial charge in [-0.2, -0.15) is 0 Å². The summed E-state index contributed by atoms with van der Waals surface area (Å²) >= 11 is 1.43. The number of nitrogens with zero attached hydrogens (tertiary/aromatic N) is 4. The van der Waals surface area contributed by atoms with Crippen LogP contribution >= 0.6 is 11.3 Å². The fraction of sp³-hybridized carbons (Fsp3) is 0.368. The lowest BCUT2D eigenvalue weighted by Gasteiger charge is -2.18. The summed E-state index contributed by atoms with van der Waals surface area (Å²) in [5, 5.41) is 4.24. The Morgan fingerprint density at radius 2 is 2.08 bits per heavy atom. The quantitative estimate of drug-likeness (QED) is 0.717. The number of pyridine rings is 1. The Balaban J connectivity index is 1.90. The highest BCUT2D eigenvalue weighted by Crippen LogP contribution is 2.34. The minimum absolute atomic E-state index is 0.0369. The number of hydrogen-bond acceptors (Lipinski definition) is 6. The van der Waals surface area contributed by atoms with Crippen molar-refractivity contribution in [3.05, 3.63) is 46.9 Å². The Kier molecular flexibility index (Phi) is 5.46. The van der Waals surface area contributed by atoms with E-state index in [2.05, 4.69) is 34.1 Å². The minimum Gasteiger partial charge on any atom is -0.364 e. The van der Waals surface area contributed by atoms with Gasteiger partial charge in [-0.05, 0) is 30.5 Å². The smallest absolute Gasteiger partial charge is 0.264 e. The van der Waals surface area contributed by atoms with Crippen LogP contribution in [0.4, 0.5) is 5.82 Å². The maximum absolute atomic E-state index is 12.8. The lowest BCUT2D eigenvalue weighted by molar-refractivity contribution is 0.0783. The molecular formula is C19H23N5OS. The van der Waals surface area contributed by atoms with Gasteiger partial charge in [0, 0.05) is 19.8 Å². The van der Waals surface area contributed by atoms with E-state index in [0.29, 0.717) is 12.5 Å². The van der Waals surface area contributed by atoms with Gasteiger partial charge in [0.2, 0.25) is 0 Å². The average molecular weight is 369 g/mol. The number of fused-ring (bicyclic) bond motifs is 1. The van der Waals surface area contributed by atoms with Gasteiger partial charge < -0.3 is 10.2 Å². The van der Waals surface area contributed by atoms with E-state index in [-0.39, 0.29) is 5.91 Å². The fourth-order valence-electron chi connectivity index (χ4n) is 2.89. The third kappa shape index (κ3) is 3.83. The molecule has 0 aliphatic carbocycles. The zero-order chi connectivity index (χ0) is 18.7. The molecule has 0 bridgehead atoms. The van der Waals surface area contributed by atoms with Crippen molar-refractivity contribution in [2.24, 2.45) is 5.92 Å². The van der Waals surface area contributed by atoms with Crippen molar-refractivity contribution in [2.75, 3.05) is 18.9 Å². The van der Waals surface area contributed by atoms with Crippen molar-refractivity contribution in [1.82, 2.24) is 19.9 Å². The summed E-state index contributed by atoms with van der Waals surface area (Å²) in [5.74, 6) is 1.20. The van der Waals surface area contributed by atoms with Gasteiger partial charge in [0.15, 0.2) is 0 Å². The van der Waals surface area contributed by atoms with Crippen LogP contribution in [0.5, 0.6) is 0 Å². The second-order valence-electron chi connectivity index (χ2n) is 6.71. The molecule has 0 fully saturated rings. The van der Waals surface area contributed by atoms with Gasteiger partial charge in [-0.25, -0.2) is 9.97 Å². The molecule has 3 aromatic heterocycles. The molecular weight excluding hydrogens is 346 g/mol. The standard InChI is InChI=1S/C19H23N5OS/c1-12(2)10-24(4)19(25)16-13(3)15-17(22-11-23-18(15)26-16)21-9-14-7-5-6-8-20-14/h5-8,11-12H,9-10H2,1-4H3,(H,21,22,23). The summed E-state index contributed by atoms with van der Waals surface area (Å²) in [5.41, 5.74) is 1.86. The molecule has 6 nitrogen and oxygen atoms in total. The molecule has 0 unspecified atom stereocenters. The summed E-state index contributed by atoms with van der Waals surface area (Å²) in [4.78, 5) is 29.2. The van der Waals surface area contributed by atoms with Crippen LogP contribution in [0.25, 0.3) is 10.2 Å². The molecule has 3 rings (SSSR count). The number of thiophene rings is 1. The molecule has 0 atom stereocenters. The number of aryl methyl sites for hydroxylation is 1. The first-order chi connectivity index (χ1) is 12.5. The normalized spacial score (nSPS) is 11.1. The van der Waals surface area contributed by atoms with Crippen molar-refractivity contribution in [3.63, 3.8) is 0 Å². The number of anilines is 1.